The molecule has 1 N–H and O–H groups in total. The highest BCUT2D eigenvalue weighted by Gasteiger charge is 2.26. The van der Waals surface area contributed by atoms with Crippen molar-refractivity contribution < 1.29 is 12.8 Å². The minimum atomic E-state index is -4.06. The maximum absolute atomic E-state index is 14.0. The van der Waals surface area contributed by atoms with E-state index in [0.717, 1.165) is 22.6 Å². The molecule has 0 spiro atoms. The van der Waals surface area contributed by atoms with Gasteiger partial charge in [0.25, 0.3) is 0 Å². The molecule has 0 saturated carbocycles. The second kappa shape index (κ2) is 7.03. The van der Waals surface area contributed by atoms with Gasteiger partial charge in [0.1, 0.15) is 10.7 Å². The van der Waals surface area contributed by atoms with E-state index in [1.165, 1.54) is 17.4 Å². The number of hydrogen-bond donors (Lipinski definition) is 1. The Morgan fingerprint density at radius 2 is 1.79 bits per heavy atom. The standard InChI is InChI=1S/C17H13ClFNO2S2/c18-13-8-9-16(14(19)11-13)24(21,22)20-17(15-7-4-10-23-15)12-5-2-1-3-6-12/h1-11,17,20H/t17-/m0/s1. The maximum atomic E-state index is 14.0. The van der Waals surface area contributed by atoms with E-state index in [1.54, 1.807) is 0 Å². The van der Waals surface area contributed by atoms with E-state index in [1.807, 2.05) is 47.8 Å². The van der Waals surface area contributed by atoms with Crippen molar-refractivity contribution in [1.29, 1.82) is 0 Å². The molecule has 0 saturated heterocycles. The van der Waals surface area contributed by atoms with Gasteiger partial charge in [0, 0.05) is 9.90 Å². The third-order valence-electron chi connectivity index (χ3n) is 3.42. The Morgan fingerprint density at radius 3 is 2.42 bits per heavy atom. The average Bonchev–Trinajstić information content (AvgIpc) is 3.07. The van der Waals surface area contributed by atoms with E-state index in [-0.39, 0.29) is 5.02 Å². The van der Waals surface area contributed by atoms with Crippen LogP contribution in [0.2, 0.25) is 5.02 Å². The number of halogens is 2. The first-order valence-electron chi connectivity index (χ1n) is 7.03. The Kier molecular flexibility index (Phi) is 5.01. The summed E-state index contributed by atoms with van der Waals surface area (Å²) in [5.41, 5.74) is 0.776. The summed E-state index contributed by atoms with van der Waals surface area (Å²) < 4.78 is 41.9. The summed E-state index contributed by atoms with van der Waals surface area (Å²) in [5.74, 6) is -0.881. The summed E-state index contributed by atoms with van der Waals surface area (Å²) >= 11 is 7.12. The molecule has 3 nitrogen and oxygen atoms in total. The van der Waals surface area contributed by atoms with Crippen molar-refractivity contribution in [1.82, 2.24) is 4.72 Å². The second-order valence-electron chi connectivity index (χ2n) is 5.06. The predicted molar refractivity (Wildman–Crippen MR) is 94.3 cm³/mol. The van der Waals surface area contributed by atoms with Crippen molar-refractivity contribution in [3.63, 3.8) is 0 Å². The van der Waals surface area contributed by atoms with Crippen molar-refractivity contribution in [2.45, 2.75) is 10.9 Å². The molecule has 24 heavy (non-hydrogen) atoms. The van der Waals surface area contributed by atoms with Crippen LogP contribution in [-0.4, -0.2) is 8.42 Å². The van der Waals surface area contributed by atoms with Crippen LogP contribution < -0.4 is 4.72 Å². The van der Waals surface area contributed by atoms with Crippen LogP contribution in [0.15, 0.2) is 70.9 Å². The van der Waals surface area contributed by atoms with Gasteiger partial charge in [0.2, 0.25) is 10.0 Å². The van der Waals surface area contributed by atoms with Gasteiger partial charge in [-0.25, -0.2) is 12.8 Å². The number of benzene rings is 2. The van der Waals surface area contributed by atoms with Crippen LogP contribution in [0, 0.1) is 5.82 Å². The monoisotopic (exact) mass is 381 g/mol. The molecule has 0 unspecified atom stereocenters. The Labute approximate surface area is 148 Å². The molecule has 0 aliphatic carbocycles. The molecule has 1 heterocycles. The Morgan fingerprint density at radius 1 is 1.04 bits per heavy atom. The number of hydrogen-bond acceptors (Lipinski definition) is 3. The summed E-state index contributed by atoms with van der Waals surface area (Å²) in [6, 6.07) is 15.7. The first kappa shape index (κ1) is 17.1. The van der Waals surface area contributed by atoms with E-state index < -0.39 is 26.8 Å². The quantitative estimate of drug-likeness (QED) is 0.701. The molecule has 0 amide bonds. The lowest BCUT2D eigenvalue weighted by Crippen LogP contribution is -2.29. The molecular formula is C17H13ClFNO2S2. The van der Waals surface area contributed by atoms with Crippen LogP contribution in [0.1, 0.15) is 16.5 Å². The van der Waals surface area contributed by atoms with Crippen LogP contribution in [0.3, 0.4) is 0 Å². The molecule has 0 bridgehead atoms. The largest absolute Gasteiger partial charge is 0.244 e. The zero-order valence-electron chi connectivity index (χ0n) is 12.3. The molecular weight excluding hydrogens is 369 g/mol. The van der Waals surface area contributed by atoms with Crippen LogP contribution in [0.4, 0.5) is 4.39 Å². The SMILES string of the molecule is O=S(=O)(N[C@@H](c1ccccc1)c1cccs1)c1ccc(Cl)cc1F. The molecule has 0 aliphatic rings. The van der Waals surface area contributed by atoms with Gasteiger partial charge in [0.05, 0.1) is 6.04 Å². The summed E-state index contributed by atoms with van der Waals surface area (Å²) in [5, 5.41) is 2.01. The van der Waals surface area contributed by atoms with Crippen LogP contribution in [0.25, 0.3) is 0 Å². The molecule has 0 aliphatic heterocycles. The van der Waals surface area contributed by atoms with E-state index in [9.17, 15) is 12.8 Å². The third-order valence-corrected chi connectivity index (χ3v) is 6.05. The fraction of sp³-hybridized carbons (Fsp3) is 0.0588. The number of thiophene rings is 1. The third kappa shape index (κ3) is 3.67. The minimum Gasteiger partial charge on any atom is -0.207 e. The summed E-state index contributed by atoms with van der Waals surface area (Å²) in [4.78, 5) is 0.392. The maximum Gasteiger partial charge on any atom is 0.244 e. The zero-order valence-corrected chi connectivity index (χ0v) is 14.7. The topological polar surface area (TPSA) is 46.2 Å². The normalized spacial score (nSPS) is 12.9. The average molecular weight is 382 g/mol. The smallest absolute Gasteiger partial charge is 0.207 e. The van der Waals surface area contributed by atoms with Gasteiger partial charge >= 0.3 is 0 Å². The van der Waals surface area contributed by atoms with Crippen molar-refractivity contribution in [2.24, 2.45) is 0 Å². The first-order valence-corrected chi connectivity index (χ1v) is 9.77. The van der Waals surface area contributed by atoms with Crippen molar-refractivity contribution in [3.05, 3.63) is 87.3 Å². The molecule has 3 rings (SSSR count). The second-order valence-corrected chi connectivity index (χ2v) is 8.15. The van der Waals surface area contributed by atoms with Gasteiger partial charge in [-0.15, -0.1) is 11.3 Å². The molecule has 2 aromatic carbocycles. The van der Waals surface area contributed by atoms with Gasteiger partial charge in [-0.05, 0) is 35.2 Å². The van der Waals surface area contributed by atoms with E-state index in [2.05, 4.69) is 4.72 Å². The highest BCUT2D eigenvalue weighted by Crippen LogP contribution is 2.28. The molecule has 124 valence electrons. The van der Waals surface area contributed by atoms with Crippen molar-refractivity contribution in [2.75, 3.05) is 0 Å². The van der Waals surface area contributed by atoms with E-state index >= 15 is 0 Å². The van der Waals surface area contributed by atoms with Crippen molar-refractivity contribution in [3.8, 4) is 0 Å². The zero-order chi connectivity index (χ0) is 17.2. The lowest BCUT2D eigenvalue weighted by Gasteiger charge is -2.18. The number of sulfonamides is 1. The van der Waals surface area contributed by atoms with Gasteiger partial charge in [-0.3, -0.25) is 0 Å². The molecule has 7 heteroatoms. The van der Waals surface area contributed by atoms with Crippen LogP contribution in [-0.2, 0) is 10.0 Å². The van der Waals surface area contributed by atoms with E-state index in [0.29, 0.717) is 0 Å². The molecule has 0 fully saturated rings. The van der Waals surface area contributed by atoms with Gasteiger partial charge in [-0.1, -0.05) is 48.0 Å². The summed E-state index contributed by atoms with van der Waals surface area (Å²) in [6.45, 7) is 0. The molecule has 1 aromatic heterocycles. The Hall–Kier alpha value is -1.73. The minimum absolute atomic E-state index is 0.143. The van der Waals surface area contributed by atoms with Crippen molar-refractivity contribution >= 4 is 33.0 Å². The van der Waals surface area contributed by atoms with Gasteiger partial charge in [-0.2, -0.15) is 4.72 Å². The summed E-state index contributed by atoms with van der Waals surface area (Å²) in [7, 11) is -4.06. The van der Waals surface area contributed by atoms with Gasteiger partial charge < -0.3 is 0 Å². The van der Waals surface area contributed by atoms with Gasteiger partial charge in [0.15, 0.2) is 0 Å². The highest BCUT2D eigenvalue weighted by atomic mass is 35.5. The van der Waals surface area contributed by atoms with E-state index in [4.69, 9.17) is 11.6 Å². The lowest BCUT2D eigenvalue weighted by molar-refractivity contribution is 0.551. The number of nitrogens with one attached hydrogen (secondary N) is 1. The predicted octanol–water partition coefficient (Wildman–Crippen LogP) is 4.61. The van der Waals surface area contributed by atoms with Crippen LogP contribution >= 0.6 is 22.9 Å². The fourth-order valence-electron chi connectivity index (χ4n) is 2.30. The number of rotatable bonds is 5. The fourth-order valence-corrected chi connectivity index (χ4v) is 4.60. The Balaban J connectivity index is 2.01. The molecule has 0 radical (unpaired) electrons. The summed E-state index contributed by atoms with van der Waals surface area (Å²) in [6.07, 6.45) is 0. The highest BCUT2D eigenvalue weighted by molar-refractivity contribution is 7.89. The Bertz CT molecular complexity index is 928. The van der Waals surface area contributed by atoms with Crippen LogP contribution in [0.5, 0.6) is 0 Å². The lowest BCUT2D eigenvalue weighted by atomic mass is 10.1. The first-order chi connectivity index (χ1) is 11.5. The molecule has 1 atom stereocenters. The molecule has 3 aromatic rings.